The lowest BCUT2D eigenvalue weighted by Crippen LogP contribution is -2.41. The Balaban J connectivity index is 2.50. The third kappa shape index (κ3) is 6.76. The first-order valence-corrected chi connectivity index (χ1v) is 7.29. The zero-order valence-corrected chi connectivity index (χ0v) is 13.6. The van der Waals surface area contributed by atoms with Crippen LogP contribution in [0.1, 0.15) is 46.6 Å². The third-order valence-corrected chi connectivity index (χ3v) is 3.03. The van der Waals surface area contributed by atoms with Gasteiger partial charge in [-0.3, -0.25) is 0 Å². The number of ether oxygens (including phenoxy) is 1. The molecule has 0 atom stereocenters. The van der Waals surface area contributed by atoms with Gasteiger partial charge in [0.1, 0.15) is 12.4 Å². The van der Waals surface area contributed by atoms with Crippen LogP contribution >= 0.6 is 0 Å². The Bertz CT molecular complexity index is 412. The number of nitrogens with one attached hydrogen (secondary N) is 1. The molecule has 0 aliphatic carbocycles. The summed E-state index contributed by atoms with van der Waals surface area (Å²) >= 11 is 0. The van der Waals surface area contributed by atoms with E-state index in [1.54, 1.807) is 6.08 Å². The zero-order valence-electron chi connectivity index (χ0n) is 13.6. The highest BCUT2D eigenvalue weighted by atomic mass is 16.5. The highest BCUT2D eigenvalue weighted by molar-refractivity contribution is 5.27. The molecular formula is C18H29NO. The Kier molecular flexibility index (Phi) is 5.82. The summed E-state index contributed by atoms with van der Waals surface area (Å²) in [5.41, 5.74) is 1.74. The van der Waals surface area contributed by atoms with Crippen LogP contribution in [0.2, 0.25) is 0 Å². The van der Waals surface area contributed by atoms with Gasteiger partial charge in [0.05, 0.1) is 0 Å². The molecule has 2 nitrogen and oxygen atoms in total. The van der Waals surface area contributed by atoms with Crippen LogP contribution in [0.4, 0.5) is 0 Å². The SMILES string of the molecule is C=CCOc1ccc(CNC(C)(C)CC(C)(C)C)cc1. The van der Waals surface area contributed by atoms with Crippen molar-refractivity contribution in [2.45, 2.75) is 53.1 Å². The summed E-state index contributed by atoms with van der Waals surface area (Å²) in [6, 6.07) is 8.24. The largest absolute Gasteiger partial charge is 0.490 e. The van der Waals surface area contributed by atoms with Gasteiger partial charge in [-0.05, 0) is 43.4 Å². The molecule has 0 bridgehead atoms. The smallest absolute Gasteiger partial charge is 0.119 e. The molecule has 0 aromatic heterocycles. The Morgan fingerprint density at radius 1 is 1.10 bits per heavy atom. The minimum atomic E-state index is 0.135. The lowest BCUT2D eigenvalue weighted by Gasteiger charge is -2.33. The van der Waals surface area contributed by atoms with E-state index < -0.39 is 0 Å². The van der Waals surface area contributed by atoms with Crippen molar-refractivity contribution in [3.8, 4) is 5.75 Å². The molecule has 0 saturated heterocycles. The van der Waals surface area contributed by atoms with E-state index in [1.807, 2.05) is 12.1 Å². The van der Waals surface area contributed by atoms with Crippen molar-refractivity contribution in [3.05, 3.63) is 42.5 Å². The van der Waals surface area contributed by atoms with Gasteiger partial charge in [-0.15, -0.1) is 0 Å². The van der Waals surface area contributed by atoms with Crippen molar-refractivity contribution in [1.82, 2.24) is 5.32 Å². The monoisotopic (exact) mass is 275 g/mol. The molecule has 1 aromatic rings. The lowest BCUT2D eigenvalue weighted by atomic mass is 9.82. The topological polar surface area (TPSA) is 21.3 Å². The van der Waals surface area contributed by atoms with Crippen LogP contribution < -0.4 is 10.1 Å². The zero-order chi connectivity index (χ0) is 15.2. The van der Waals surface area contributed by atoms with Gasteiger partial charge in [0.25, 0.3) is 0 Å². The summed E-state index contributed by atoms with van der Waals surface area (Å²) in [6.07, 6.45) is 2.89. The van der Waals surface area contributed by atoms with Crippen molar-refractivity contribution >= 4 is 0 Å². The quantitative estimate of drug-likeness (QED) is 0.737. The minimum Gasteiger partial charge on any atom is -0.490 e. The third-order valence-electron chi connectivity index (χ3n) is 3.03. The summed E-state index contributed by atoms with van der Waals surface area (Å²) < 4.78 is 5.48. The second-order valence-electron chi connectivity index (χ2n) is 7.22. The fraction of sp³-hybridized carbons (Fsp3) is 0.556. The van der Waals surface area contributed by atoms with Gasteiger partial charge >= 0.3 is 0 Å². The number of benzene rings is 1. The van der Waals surface area contributed by atoms with Gasteiger partial charge in [0, 0.05) is 12.1 Å². The van der Waals surface area contributed by atoms with Gasteiger partial charge in [-0.1, -0.05) is 45.6 Å². The second-order valence-corrected chi connectivity index (χ2v) is 7.22. The van der Waals surface area contributed by atoms with Crippen LogP contribution in [0.15, 0.2) is 36.9 Å². The second kappa shape index (κ2) is 6.94. The predicted molar refractivity (Wildman–Crippen MR) is 87.1 cm³/mol. The van der Waals surface area contributed by atoms with Crippen LogP contribution in [-0.2, 0) is 6.54 Å². The van der Waals surface area contributed by atoms with E-state index in [9.17, 15) is 0 Å². The lowest BCUT2D eigenvalue weighted by molar-refractivity contribution is 0.240. The average Bonchev–Trinajstić information content (AvgIpc) is 2.32. The Morgan fingerprint density at radius 2 is 1.70 bits per heavy atom. The van der Waals surface area contributed by atoms with Crippen molar-refractivity contribution < 1.29 is 4.74 Å². The maximum Gasteiger partial charge on any atom is 0.119 e. The first kappa shape index (κ1) is 16.8. The molecule has 1 N–H and O–H groups in total. The highest BCUT2D eigenvalue weighted by Crippen LogP contribution is 2.27. The molecule has 0 heterocycles. The molecule has 112 valence electrons. The van der Waals surface area contributed by atoms with Gasteiger partial charge in [0.15, 0.2) is 0 Å². The maximum atomic E-state index is 5.48. The van der Waals surface area contributed by atoms with Crippen LogP contribution in [0.5, 0.6) is 5.75 Å². The van der Waals surface area contributed by atoms with Crippen LogP contribution in [0, 0.1) is 5.41 Å². The van der Waals surface area contributed by atoms with Crippen LogP contribution in [0.25, 0.3) is 0 Å². The summed E-state index contributed by atoms with van der Waals surface area (Å²) in [5.74, 6) is 0.891. The normalized spacial score (nSPS) is 12.2. The van der Waals surface area contributed by atoms with Crippen LogP contribution in [-0.4, -0.2) is 12.1 Å². The van der Waals surface area contributed by atoms with E-state index in [0.29, 0.717) is 12.0 Å². The molecule has 0 radical (unpaired) electrons. The molecule has 20 heavy (non-hydrogen) atoms. The fourth-order valence-electron chi connectivity index (χ4n) is 2.59. The van der Waals surface area contributed by atoms with Gasteiger partial charge in [0.2, 0.25) is 0 Å². The van der Waals surface area contributed by atoms with Crippen molar-refractivity contribution in [3.63, 3.8) is 0 Å². The maximum absolute atomic E-state index is 5.48. The number of rotatable bonds is 7. The number of hydrogen-bond donors (Lipinski definition) is 1. The fourth-order valence-corrected chi connectivity index (χ4v) is 2.59. The van der Waals surface area contributed by atoms with Crippen LogP contribution in [0.3, 0.4) is 0 Å². The molecule has 0 amide bonds. The molecule has 0 spiro atoms. The molecule has 0 fully saturated rings. The summed E-state index contributed by atoms with van der Waals surface area (Å²) in [7, 11) is 0. The molecule has 0 saturated carbocycles. The summed E-state index contributed by atoms with van der Waals surface area (Å²) in [6.45, 7) is 16.4. The molecule has 0 aliphatic rings. The standard InChI is InChI=1S/C18H29NO/c1-7-12-20-16-10-8-15(9-11-16)13-19-18(5,6)14-17(2,3)4/h7-11,19H,1,12-14H2,2-6H3. The van der Waals surface area contributed by atoms with E-state index >= 15 is 0 Å². The Morgan fingerprint density at radius 3 is 2.20 bits per heavy atom. The Labute approximate surface area is 124 Å². The van der Waals surface area contributed by atoms with Gasteiger partial charge < -0.3 is 10.1 Å². The predicted octanol–water partition coefficient (Wildman–Crippen LogP) is 4.56. The van der Waals surface area contributed by atoms with E-state index in [0.717, 1.165) is 18.7 Å². The summed E-state index contributed by atoms with van der Waals surface area (Å²) in [5, 5.41) is 3.64. The van der Waals surface area contributed by atoms with E-state index in [1.165, 1.54) is 5.56 Å². The van der Waals surface area contributed by atoms with E-state index in [4.69, 9.17) is 4.74 Å². The molecule has 1 rings (SSSR count). The molecule has 2 heteroatoms. The molecular weight excluding hydrogens is 246 g/mol. The average molecular weight is 275 g/mol. The molecule has 0 unspecified atom stereocenters. The summed E-state index contributed by atoms with van der Waals surface area (Å²) in [4.78, 5) is 0. The highest BCUT2D eigenvalue weighted by Gasteiger charge is 2.24. The Hall–Kier alpha value is -1.28. The first-order chi connectivity index (χ1) is 9.22. The van der Waals surface area contributed by atoms with E-state index in [-0.39, 0.29) is 5.54 Å². The number of hydrogen-bond acceptors (Lipinski definition) is 2. The van der Waals surface area contributed by atoms with Crippen molar-refractivity contribution in [2.24, 2.45) is 5.41 Å². The van der Waals surface area contributed by atoms with Gasteiger partial charge in [-0.25, -0.2) is 0 Å². The first-order valence-electron chi connectivity index (χ1n) is 7.29. The van der Waals surface area contributed by atoms with Crippen molar-refractivity contribution in [1.29, 1.82) is 0 Å². The van der Waals surface area contributed by atoms with Gasteiger partial charge in [-0.2, -0.15) is 0 Å². The molecule has 0 aliphatic heterocycles. The van der Waals surface area contributed by atoms with E-state index in [2.05, 4.69) is 58.6 Å². The molecule has 1 aromatic carbocycles. The van der Waals surface area contributed by atoms with Crippen molar-refractivity contribution in [2.75, 3.05) is 6.61 Å². The minimum absolute atomic E-state index is 0.135.